The number of rotatable bonds is 6. The lowest BCUT2D eigenvalue weighted by molar-refractivity contribution is 0.104. The van der Waals surface area contributed by atoms with Gasteiger partial charge < -0.3 is 9.26 Å². The molecule has 0 saturated heterocycles. The summed E-state index contributed by atoms with van der Waals surface area (Å²) in [5, 5.41) is 15.0. The molecule has 1 aromatic carbocycles. The van der Waals surface area contributed by atoms with Gasteiger partial charge in [-0.3, -0.25) is 4.79 Å². The van der Waals surface area contributed by atoms with Crippen LogP contribution in [-0.2, 0) is 6.61 Å². The molecule has 26 heavy (non-hydrogen) atoms. The maximum atomic E-state index is 12.3. The molecule has 0 saturated carbocycles. The van der Waals surface area contributed by atoms with E-state index in [-0.39, 0.29) is 11.4 Å². The minimum Gasteiger partial charge on any atom is -0.489 e. The minimum absolute atomic E-state index is 0.108. The average Bonchev–Trinajstić information content (AvgIpc) is 3.29. The molecule has 3 aromatic rings. The number of Topliss-reactive ketones (excluding diaryl/α,β-unsaturated/α-hetero) is 1. The molecule has 3 rings (SSSR count). The largest absolute Gasteiger partial charge is 0.489 e. The van der Waals surface area contributed by atoms with Gasteiger partial charge in [-0.15, -0.1) is 11.3 Å². The smallest absolute Gasteiger partial charge is 0.213 e. The zero-order chi connectivity index (χ0) is 18.5. The van der Waals surface area contributed by atoms with E-state index in [4.69, 9.17) is 9.26 Å². The molecule has 6 heteroatoms. The Labute approximate surface area is 155 Å². The van der Waals surface area contributed by atoms with E-state index < -0.39 is 0 Å². The number of aryl methyl sites for hydroxylation is 2. The van der Waals surface area contributed by atoms with E-state index in [9.17, 15) is 10.1 Å². The lowest BCUT2D eigenvalue weighted by Gasteiger charge is -2.06. The van der Waals surface area contributed by atoms with Crippen molar-refractivity contribution < 1.29 is 14.1 Å². The highest BCUT2D eigenvalue weighted by atomic mass is 32.1. The molecular formula is C20H16N2O3S. The lowest BCUT2D eigenvalue weighted by atomic mass is 10.1. The molecule has 130 valence electrons. The predicted octanol–water partition coefficient (Wildman–Crippen LogP) is 4.72. The number of carbonyl (C=O) groups is 1. The minimum atomic E-state index is -0.263. The van der Waals surface area contributed by atoms with Gasteiger partial charge in [0.1, 0.15) is 29.8 Å². The highest BCUT2D eigenvalue weighted by Crippen LogP contribution is 2.20. The Morgan fingerprint density at radius 3 is 2.65 bits per heavy atom. The zero-order valence-corrected chi connectivity index (χ0v) is 15.2. The third-order valence-electron chi connectivity index (χ3n) is 3.87. The van der Waals surface area contributed by atoms with Crippen LogP contribution in [0.3, 0.4) is 0 Å². The summed E-state index contributed by atoms with van der Waals surface area (Å²) in [4.78, 5) is 12.8. The van der Waals surface area contributed by atoms with Crippen LogP contribution in [-0.4, -0.2) is 10.9 Å². The molecule has 0 fully saturated rings. The quantitative estimate of drug-likeness (QED) is 0.359. The summed E-state index contributed by atoms with van der Waals surface area (Å²) >= 11 is 1.32. The maximum Gasteiger partial charge on any atom is 0.213 e. The maximum absolute atomic E-state index is 12.3. The molecule has 0 spiro atoms. The number of allylic oxidation sites excluding steroid dienone is 1. The standard InChI is InChI=1S/C20H16N2O3S/c1-13-18(14(2)25-22-13)12-24-17-7-5-15(6-8-17)10-16(11-21)20(23)19-4-3-9-26-19/h3-10H,12H2,1-2H3/b16-10+. The summed E-state index contributed by atoms with van der Waals surface area (Å²) < 4.78 is 10.9. The van der Waals surface area contributed by atoms with Gasteiger partial charge in [-0.25, -0.2) is 0 Å². The van der Waals surface area contributed by atoms with Gasteiger partial charge in [-0.2, -0.15) is 5.26 Å². The molecule has 0 unspecified atom stereocenters. The summed E-state index contributed by atoms with van der Waals surface area (Å²) in [6.45, 7) is 4.09. The molecule has 2 aromatic heterocycles. The van der Waals surface area contributed by atoms with Crippen LogP contribution in [0.1, 0.15) is 32.3 Å². The van der Waals surface area contributed by atoms with Gasteiger partial charge in [-0.05, 0) is 49.1 Å². The van der Waals surface area contributed by atoms with E-state index in [1.54, 1.807) is 30.3 Å². The van der Waals surface area contributed by atoms with Crippen molar-refractivity contribution in [3.05, 3.63) is 74.8 Å². The molecule has 0 aliphatic rings. The first-order chi connectivity index (χ1) is 12.6. The molecule has 0 aliphatic heterocycles. The van der Waals surface area contributed by atoms with Gasteiger partial charge in [0.25, 0.3) is 0 Å². The van der Waals surface area contributed by atoms with Gasteiger partial charge >= 0.3 is 0 Å². The van der Waals surface area contributed by atoms with Crippen LogP contribution in [0.2, 0.25) is 0 Å². The number of thiophene rings is 1. The second kappa shape index (κ2) is 7.81. The number of carbonyl (C=O) groups excluding carboxylic acids is 1. The first kappa shape index (κ1) is 17.6. The Hall–Kier alpha value is -3.17. The average molecular weight is 364 g/mol. The number of nitriles is 1. The fourth-order valence-electron chi connectivity index (χ4n) is 2.38. The van der Waals surface area contributed by atoms with E-state index in [1.165, 1.54) is 11.3 Å². The van der Waals surface area contributed by atoms with Crippen molar-refractivity contribution in [2.24, 2.45) is 0 Å². The van der Waals surface area contributed by atoms with Crippen LogP contribution >= 0.6 is 11.3 Å². The third-order valence-corrected chi connectivity index (χ3v) is 4.73. The number of nitrogens with zero attached hydrogens (tertiary/aromatic N) is 2. The SMILES string of the molecule is Cc1noc(C)c1COc1ccc(/C=C(\C#N)C(=O)c2cccs2)cc1. The van der Waals surface area contributed by atoms with E-state index in [2.05, 4.69) is 5.16 Å². The first-order valence-corrected chi connectivity index (χ1v) is 8.81. The van der Waals surface area contributed by atoms with Crippen molar-refractivity contribution in [3.8, 4) is 11.8 Å². The van der Waals surface area contributed by atoms with Crippen LogP contribution in [0.4, 0.5) is 0 Å². The van der Waals surface area contributed by atoms with Crippen molar-refractivity contribution in [1.82, 2.24) is 5.16 Å². The van der Waals surface area contributed by atoms with Gasteiger partial charge in [0.15, 0.2) is 0 Å². The Morgan fingerprint density at radius 1 is 1.31 bits per heavy atom. The van der Waals surface area contributed by atoms with Crippen molar-refractivity contribution in [2.75, 3.05) is 0 Å². The highest BCUT2D eigenvalue weighted by Gasteiger charge is 2.13. The number of ether oxygens (including phenoxy) is 1. The normalized spacial score (nSPS) is 11.2. The van der Waals surface area contributed by atoms with Crippen molar-refractivity contribution in [2.45, 2.75) is 20.5 Å². The summed E-state index contributed by atoms with van der Waals surface area (Å²) in [7, 11) is 0. The second-order valence-electron chi connectivity index (χ2n) is 5.64. The monoisotopic (exact) mass is 364 g/mol. The zero-order valence-electron chi connectivity index (χ0n) is 14.4. The first-order valence-electron chi connectivity index (χ1n) is 7.93. The third kappa shape index (κ3) is 3.90. The van der Waals surface area contributed by atoms with Crippen LogP contribution in [0.25, 0.3) is 6.08 Å². The number of hydrogen-bond donors (Lipinski definition) is 0. The molecule has 0 aliphatic carbocycles. The fraction of sp³-hybridized carbons (Fsp3) is 0.150. The molecule has 0 radical (unpaired) electrons. The Kier molecular flexibility index (Phi) is 5.30. The van der Waals surface area contributed by atoms with Crippen LogP contribution < -0.4 is 4.74 Å². The van der Waals surface area contributed by atoms with Crippen molar-refractivity contribution >= 4 is 23.2 Å². The summed E-state index contributed by atoms with van der Waals surface area (Å²) in [5.74, 6) is 1.17. The molecule has 2 heterocycles. The topological polar surface area (TPSA) is 76.1 Å². The molecule has 5 nitrogen and oxygen atoms in total. The van der Waals surface area contributed by atoms with Gasteiger partial charge in [0.2, 0.25) is 5.78 Å². The van der Waals surface area contributed by atoms with Gasteiger partial charge in [0, 0.05) is 0 Å². The molecular weight excluding hydrogens is 348 g/mol. The lowest BCUT2D eigenvalue weighted by Crippen LogP contribution is -1.99. The van der Waals surface area contributed by atoms with Crippen LogP contribution in [0, 0.1) is 25.2 Å². The van der Waals surface area contributed by atoms with E-state index in [0.29, 0.717) is 17.2 Å². The molecule has 0 N–H and O–H groups in total. The predicted molar refractivity (Wildman–Crippen MR) is 99.0 cm³/mol. The Balaban J connectivity index is 1.71. The summed E-state index contributed by atoms with van der Waals surface area (Å²) in [6.07, 6.45) is 1.58. The van der Waals surface area contributed by atoms with E-state index >= 15 is 0 Å². The summed E-state index contributed by atoms with van der Waals surface area (Å²) in [5.41, 5.74) is 2.61. The van der Waals surface area contributed by atoms with Crippen LogP contribution in [0.15, 0.2) is 51.9 Å². The molecule has 0 atom stereocenters. The van der Waals surface area contributed by atoms with Gasteiger partial charge in [0.05, 0.1) is 16.1 Å². The summed E-state index contributed by atoms with van der Waals surface area (Å²) in [6, 6.07) is 12.7. The van der Waals surface area contributed by atoms with Gasteiger partial charge in [-0.1, -0.05) is 23.4 Å². The molecule has 0 amide bonds. The number of benzene rings is 1. The fourth-order valence-corrected chi connectivity index (χ4v) is 3.06. The van der Waals surface area contributed by atoms with E-state index in [1.807, 2.05) is 37.4 Å². The van der Waals surface area contributed by atoms with Crippen LogP contribution in [0.5, 0.6) is 5.75 Å². The second-order valence-corrected chi connectivity index (χ2v) is 6.58. The highest BCUT2D eigenvalue weighted by molar-refractivity contribution is 7.12. The number of hydrogen-bond acceptors (Lipinski definition) is 6. The molecule has 0 bridgehead atoms. The Morgan fingerprint density at radius 2 is 2.08 bits per heavy atom. The number of aromatic nitrogens is 1. The van der Waals surface area contributed by atoms with Crippen molar-refractivity contribution in [3.63, 3.8) is 0 Å². The van der Waals surface area contributed by atoms with Crippen molar-refractivity contribution in [1.29, 1.82) is 5.26 Å². The Bertz CT molecular complexity index is 958. The van der Waals surface area contributed by atoms with E-state index in [0.717, 1.165) is 22.6 Å². The number of ketones is 1.